The molecule has 0 aliphatic carbocycles. The second kappa shape index (κ2) is 8.79. The topological polar surface area (TPSA) is 66.5 Å². The summed E-state index contributed by atoms with van der Waals surface area (Å²) >= 11 is 0. The molecule has 1 amide bonds. The molecule has 1 N–H and O–H groups in total. The number of unbranched alkanes of at least 4 members (excludes halogenated alkanes) is 1. The van der Waals surface area contributed by atoms with Crippen LogP contribution in [-0.4, -0.2) is 38.0 Å². The van der Waals surface area contributed by atoms with Crippen molar-refractivity contribution in [3.63, 3.8) is 0 Å². The average Bonchev–Trinajstić information content (AvgIpc) is 2.44. The number of carbonyl (C=O) groups excluding carboxylic acids is 1. The van der Waals surface area contributed by atoms with Crippen LogP contribution in [0.1, 0.15) is 31.7 Å². The van der Waals surface area contributed by atoms with Gasteiger partial charge in [-0.3, -0.25) is 4.79 Å². The van der Waals surface area contributed by atoms with Crippen molar-refractivity contribution in [2.24, 2.45) is 0 Å². The summed E-state index contributed by atoms with van der Waals surface area (Å²) in [5.74, 6) is -0.0231. The third-order valence-electron chi connectivity index (χ3n) is 3.11. The summed E-state index contributed by atoms with van der Waals surface area (Å²) in [7, 11) is -3.30. The van der Waals surface area contributed by atoms with E-state index in [0.29, 0.717) is 19.5 Å². The number of nitrogens with zero attached hydrogens (tertiary/aromatic N) is 1. The number of hydrogen-bond acceptors (Lipinski definition) is 3. The van der Waals surface area contributed by atoms with Gasteiger partial charge in [-0.1, -0.05) is 43.7 Å². The van der Waals surface area contributed by atoms with Crippen molar-refractivity contribution in [2.75, 3.05) is 19.3 Å². The lowest BCUT2D eigenvalue weighted by Gasteiger charge is -2.20. The second-order valence-electron chi connectivity index (χ2n) is 5.04. The Hall–Kier alpha value is -1.40. The van der Waals surface area contributed by atoms with Crippen LogP contribution in [0.25, 0.3) is 0 Å². The van der Waals surface area contributed by atoms with Crippen molar-refractivity contribution in [2.45, 2.75) is 32.7 Å². The zero-order valence-electron chi connectivity index (χ0n) is 12.7. The summed E-state index contributed by atoms with van der Waals surface area (Å²) in [6.07, 6.45) is 3.51. The molecule has 0 saturated carbocycles. The fourth-order valence-corrected chi connectivity index (χ4v) is 2.70. The molecule has 1 aromatic carbocycles. The second-order valence-corrected chi connectivity index (χ2v) is 7.02. The number of nitrogens with one attached hydrogen (secondary N) is 1. The third kappa shape index (κ3) is 7.24. The van der Waals surface area contributed by atoms with Crippen LogP contribution in [0.5, 0.6) is 0 Å². The minimum Gasteiger partial charge on any atom is -0.355 e. The molecule has 0 atom stereocenters. The number of carbonyl (C=O) groups is 1. The van der Waals surface area contributed by atoms with Gasteiger partial charge in [0.1, 0.15) is 0 Å². The SMILES string of the molecule is CCCCC(=O)NCCN(Cc1ccccc1)S(C)(=O)=O. The van der Waals surface area contributed by atoms with Gasteiger partial charge in [-0.2, -0.15) is 4.31 Å². The molecule has 0 unspecified atom stereocenters. The van der Waals surface area contributed by atoms with Gasteiger partial charge in [0.15, 0.2) is 0 Å². The minimum absolute atomic E-state index is 0.0231. The smallest absolute Gasteiger partial charge is 0.220 e. The van der Waals surface area contributed by atoms with Gasteiger partial charge in [-0.25, -0.2) is 8.42 Å². The molecule has 0 spiro atoms. The number of benzene rings is 1. The highest BCUT2D eigenvalue weighted by Crippen LogP contribution is 2.07. The van der Waals surface area contributed by atoms with Gasteiger partial charge in [-0.15, -0.1) is 0 Å². The number of amides is 1. The zero-order valence-corrected chi connectivity index (χ0v) is 13.5. The van der Waals surface area contributed by atoms with E-state index in [1.807, 2.05) is 37.3 Å². The van der Waals surface area contributed by atoms with Crippen molar-refractivity contribution in [3.05, 3.63) is 35.9 Å². The number of rotatable bonds is 9. The van der Waals surface area contributed by atoms with Crippen LogP contribution in [0.15, 0.2) is 30.3 Å². The maximum absolute atomic E-state index is 11.8. The molecule has 0 aliphatic rings. The van der Waals surface area contributed by atoms with E-state index < -0.39 is 10.0 Å². The van der Waals surface area contributed by atoms with Gasteiger partial charge in [0.2, 0.25) is 15.9 Å². The van der Waals surface area contributed by atoms with E-state index in [4.69, 9.17) is 0 Å². The standard InChI is InChI=1S/C15H24N2O3S/c1-3-4-10-15(18)16-11-12-17(21(2,19)20)13-14-8-6-5-7-9-14/h5-9H,3-4,10-13H2,1-2H3,(H,16,18). The van der Waals surface area contributed by atoms with E-state index in [9.17, 15) is 13.2 Å². The van der Waals surface area contributed by atoms with E-state index in [1.54, 1.807) is 0 Å². The summed E-state index contributed by atoms with van der Waals surface area (Å²) in [4.78, 5) is 11.5. The Labute approximate surface area is 127 Å². The van der Waals surface area contributed by atoms with E-state index in [-0.39, 0.29) is 12.5 Å². The highest BCUT2D eigenvalue weighted by molar-refractivity contribution is 7.88. The Kier molecular flexibility index (Phi) is 7.39. The van der Waals surface area contributed by atoms with Crippen LogP contribution < -0.4 is 5.32 Å². The van der Waals surface area contributed by atoms with Crippen molar-refractivity contribution in [1.82, 2.24) is 9.62 Å². The molecule has 6 heteroatoms. The van der Waals surface area contributed by atoms with E-state index >= 15 is 0 Å². The Morgan fingerprint density at radius 3 is 2.48 bits per heavy atom. The molecule has 1 aromatic rings. The average molecular weight is 312 g/mol. The Morgan fingerprint density at radius 2 is 1.90 bits per heavy atom. The minimum atomic E-state index is -3.30. The molecule has 0 saturated heterocycles. The molecule has 118 valence electrons. The summed E-state index contributed by atoms with van der Waals surface area (Å²) < 4.78 is 25.0. The van der Waals surface area contributed by atoms with Crippen molar-refractivity contribution >= 4 is 15.9 Å². The molecule has 0 bridgehead atoms. The maximum Gasteiger partial charge on any atom is 0.220 e. The molecular weight excluding hydrogens is 288 g/mol. The van der Waals surface area contributed by atoms with Gasteiger partial charge >= 0.3 is 0 Å². The van der Waals surface area contributed by atoms with Crippen LogP contribution in [0.3, 0.4) is 0 Å². The lowest BCUT2D eigenvalue weighted by atomic mass is 10.2. The van der Waals surface area contributed by atoms with E-state index in [2.05, 4.69) is 5.32 Å². The van der Waals surface area contributed by atoms with Gasteiger partial charge in [-0.05, 0) is 12.0 Å². The Bertz CT molecular complexity index is 529. The van der Waals surface area contributed by atoms with Crippen LogP contribution in [0.2, 0.25) is 0 Å². The first-order chi connectivity index (χ1) is 9.93. The van der Waals surface area contributed by atoms with Gasteiger partial charge in [0, 0.05) is 26.1 Å². The molecule has 0 radical (unpaired) electrons. The van der Waals surface area contributed by atoms with Gasteiger partial charge < -0.3 is 5.32 Å². The van der Waals surface area contributed by atoms with Gasteiger partial charge in [0.05, 0.1) is 6.26 Å². The van der Waals surface area contributed by atoms with E-state index in [0.717, 1.165) is 18.4 Å². The first-order valence-corrected chi connectivity index (χ1v) is 9.04. The highest BCUT2D eigenvalue weighted by atomic mass is 32.2. The molecule has 5 nitrogen and oxygen atoms in total. The summed E-state index contributed by atoms with van der Waals surface area (Å²) in [6, 6.07) is 9.42. The monoisotopic (exact) mass is 312 g/mol. The first kappa shape index (κ1) is 17.7. The summed E-state index contributed by atoms with van der Waals surface area (Å²) in [5.41, 5.74) is 0.931. The Morgan fingerprint density at radius 1 is 1.24 bits per heavy atom. The molecule has 0 fully saturated rings. The van der Waals surface area contributed by atoms with Crippen molar-refractivity contribution in [3.8, 4) is 0 Å². The van der Waals surface area contributed by atoms with Crippen molar-refractivity contribution in [1.29, 1.82) is 0 Å². The van der Waals surface area contributed by atoms with Gasteiger partial charge in [0.25, 0.3) is 0 Å². The predicted octanol–water partition coefficient (Wildman–Crippen LogP) is 1.75. The summed E-state index contributed by atoms with van der Waals surface area (Å²) in [5, 5.41) is 2.76. The van der Waals surface area contributed by atoms with Crippen LogP contribution in [0.4, 0.5) is 0 Å². The lowest BCUT2D eigenvalue weighted by Crippen LogP contribution is -2.37. The van der Waals surface area contributed by atoms with Crippen LogP contribution >= 0.6 is 0 Å². The quantitative estimate of drug-likeness (QED) is 0.755. The highest BCUT2D eigenvalue weighted by Gasteiger charge is 2.16. The fraction of sp³-hybridized carbons (Fsp3) is 0.533. The zero-order chi connectivity index (χ0) is 15.7. The number of sulfonamides is 1. The van der Waals surface area contributed by atoms with E-state index in [1.165, 1.54) is 10.6 Å². The normalized spacial score (nSPS) is 11.6. The first-order valence-electron chi connectivity index (χ1n) is 7.19. The molecule has 0 aromatic heterocycles. The molecule has 1 rings (SSSR count). The molecule has 21 heavy (non-hydrogen) atoms. The fourth-order valence-electron chi connectivity index (χ4n) is 1.89. The van der Waals surface area contributed by atoms with Crippen molar-refractivity contribution < 1.29 is 13.2 Å². The summed E-state index contributed by atoms with van der Waals surface area (Å²) in [6.45, 7) is 2.97. The van der Waals surface area contributed by atoms with Crippen LogP contribution in [-0.2, 0) is 21.4 Å². The number of hydrogen-bond donors (Lipinski definition) is 1. The molecule has 0 heterocycles. The predicted molar refractivity (Wildman–Crippen MR) is 84.2 cm³/mol. The van der Waals surface area contributed by atoms with Crippen LogP contribution in [0, 0.1) is 0 Å². The maximum atomic E-state index is 11.8. The largest absolute Gasteiger partial charge is 0.355 e. The lowest BCUT2D eigenvalue weighted by molar-refractivity contribution is -0.121. The molecule has 0 aliphatic heterocycles. The Balaban J connectivity index is 2.50. The molecular formula is C15H24N2O3S. The third-order valence-corrected chi connectivity index (χ3v) is 4.36.